The highest BCUT2D eigenvalue weighted by molar-refractivity contribution is 7.89. The number of nitrogens with one attached hydrogen (secondary N) is 1. The zero-order valence-corrected chi connectivity index (χ0v) is 18.5. The summed E-state index contributed by atoms with van der Waals surface area (Å²) in [6, 6.07) is -0.435. The number of carbonyl (C=O) groups excluding carboxylic acids is 3. The first-order valence-corrected chi connectivity index (χ1v) is 11.9. The van der Waals surface area contributed by atoms with Crippen molar-refractivity contribution in [3.8, 4) is 0 Å². The van der Waals surface area contributed by atoms with Gasteiger partial charge in [0.05, 0.1) is 0 Å². The number of rotatable bonds is 5. The Bertz CT molecular complexity index is 985. The molecule has 2 aliphatic heterocycles. The van der Waals surface area contributed by atoms with Crippen molar-refractivity contribution in [2.75, 3.05) is 32.7 Å². The molecule has 1 spiro atoms. The number of hydrogen-bond donors (Lipinski definition) is 1. The third-order valence-corrected chi connectivity index (χ3v) is 8.55. The number of urea groups is 1. The van der Waals surface area contributed by atoms with Crippen LogP contribution >= 0.6 is 0 Å². The summed E-state index contributed by atoms with van der Waals surface area (Å²) in [6.45, 7) is 3.96. The molecule has 3 heterocycles. The van der Waals surface area contributed by atoms with Crippen molar-refractivity contribution in [1.82, 2.24) is 24.6 Å². The van der Waals surface area contributed by atoms with Crippen molar-refractivity contribution < 1.29 is 27.3 Å². The van der Waals surface area contributed by atoms with Gasteiger partial charge in [-0.15, -0.1) is 0 Å². The Kier molecular flexibility index (Phi) is 5.54. The predicted octanol–water partition coefficient (Wildman–Crippen LogP) is 0.379. The van der Waals surface area contributed by atoms with Crippen LogP contribution in [0.3, 0.4) is 0 Å². The van der Waals surface area contributed by atoms with E-state index in [0.29, 0.717) is 18.5 Å². The van der Waals surface area contributed by atoms with Gasteiger partial charge >= 0.3 is 6.03 Å². The van der Waals surface area contributed by atoms with Crippen molar-refractivity contribution >= 4 is 27.9 Å². The monoisotopic (exact) mass is 453 g/mol. The van der Waals surface area contributed by atoms with Crippen LogP contribution in [0, 0.1) is 13.8 Å². The highest BCUT2D eigenvalue weighted by Gasteiger charge is 2.52. The number of aromatic nitrogens is 1. The van der Waals surface area contributed by atoms with Gasteiger partial charge in [0, 0.05) is 39.1 Å². The number of imide groups is 1. The summed E-state index contributed by atoms with van der Waals surface area (Å²) in [5.74, 6) is -0.204. The summed E-state index contributed by atoms with van der Waals surface area (Å²) in [5, 5.41) is 6.51. The minimum atomic E-state index is -3.75. The van der Waals surface area contributed by atoms with Gasteiger partial charge in [0.2, 0.25) is 15.9 Å². The van der Waals surface area contributed by atoms with E-state index >= 15 is 0 Å². The van der Waals surface area contributed by atoms with Crippen LogP contribution < -0.4 is 5.32 Å². The first kappa shape index (κ1) is 21.8. The van der Waals surface area contributed by atoms with Gasteiger partial charge in [0.1, 0.15) is 16.1 Å². The van der Waals surface area contributed by atoms with Gasteiger partial charge in [0.25, 0.3) is 5.91 Å². The molecule has 1 N–H and O–H groups in total. The Morgan fingerprint density at radius 1 is 1.13 bits per heavy atom. The molecule has 12 heteroatoms. The van der Waals surface area contributed by atoms with Crippen LogP contribution in [-0.4, -0.2) is 83.8 Å². The molecule has 3 fully saturated rings. The summed E-state index contributed by atoms with van der Waals surface area (Å²) in [6.07, 6.45) is 3.11. The smallest absolute Gasteiger partial charge is 0.325 e. The molecular formula is C19H27N5O6S. The molecule has 31 heavy (non-hydrogen) atoms. The van der Waals surface area contributed by atoms with E-state index in [0.717, 1.165) is 17.7 Å². The van der Waals surface area contributed by atoms with Crippen molar-refractivity contribution in [2.45, 2.75) is 56.4 Å². The SMILES string of the molecule is Cc1noc(C)c1S(=O)(=O)N1CCN(C(=O)CCN2C(=O)NC3(CCCC3)C2=O)CC1. The van der Waals surface area contributed by atoms with Gasteiger partial charge in [-0.05, 0) is 26.7 Å². The summed E-state index contributed by atoms with van der Waals surface area (Å²) >= 11 is 0. The number of aryl methyl sites for hydroxylation is 2. The Morgan fingerprint density at radius 2 is 1.77 bits per heavy atom. The Labute approximate surface area is 180 Å². The molecular weight excluding hydrogens is 426 g/mol. The quantitative estimate of drug-likeness (QED) is 0.637. The maximum atomic E-state index is 12.9. The molecule has 1 saturated carbocycles. The first-order chi connectivity index (χ1) is 14.7. The molecule has 2 saturated heterocycles. The fraction of sp³-hybridized carbons (Fsp3) is 0.684. The summed E-state index contributed by atoms with van der Waals surface area (Å²) in [7, 11) is -3.75. The molecule has 0 aromatic carbocycles. The van der Waals surface area contributed by atoms with E-state index in [4.69, 9.17) is 4.52 Å². The van der Waals surface area contributed by atoms with Crippen LogP contribution in [0.5, 0.6) is 0 Å². The second kappa shape index (κ2) is 7.90. The summed E-state index contributed by atoms with van der Waals surface area (Å²) in [4.78, 5) is 40.3. The van der Waals surface area contributed by atoms with E-state index in [2.05, 4.69) is 10.5 Å². The summed E-state index contributed by atoms with van der Waals surface area (Å²) in [5.41, 5.74) is -0.470. The number of hydrogen-bond acceptors (Lipinski definition) is 7. The highest BCUT2D eigenvalue weighted by Crippen LogP contribution is 2.35. The van der Waals surface area contributed by atoms with E-state index in [1.54, 1.807) is 18.7 Å². The average Bonchev–Trinajstić information content (AvgIpc) is 3.40. The van der Waals surface area contributed by atoms with Crippen LogP contribution in [0.2, 0.25) is 0 Å². The van der Waals surface area contributed by atoms with Gasteiger partial charge in [-0.1, -0.05) is 18.0 Å². The molecule has 170 valence electrons. The standard InChI is InChI=1S/C19H27N5O6S/c1-13-16(14(2)30-21-13)31(28,29)23-11-9-22(10-12-23)15(25)5-8-24-17(26)19(20-18(24)27)6-3-4-7-19/h3-12H2,1-2H3,(H,20,27). The summed E-state index contributed by atoms with van der Waals surface area (Å²) < 4.78 is 32.1. The number of nitrogens with zero attached hydrogens (tertiary/aromatic N) is 4. The van der Waals surface area contributed by atoms with E-state index in [-0.39, 0.29) is 61.6 Å². The molecule has 0 bridgehead atoms. The maximum absolute atomic E-state index is 12.9. The number of carbonyl (C=O) groups is 3. The Morgan fingerprint density at radius 3 is 2.35 bits per heavy atom. The maximum Gasteiger partial charge on any atom is 0.325 e. The van der Waals surface area contributed by atoms with Gasteiger partial charge < -0.3 is 14.7 Å². The number of sulfonamides is 1. The van der Waals surface area contributed by atoms with Crippen LogP contribution in [0.4, 0.5) is 4.79 Å². The Balaban J connectivity index is 1.32. The first-order valence-electron chi connectivity index (χ1n) is 10.5. The minimum Gasteiger partial charge on any atom is -0.360 e. The van der Waals surface area contributed by atoms with Gasteiger partial charge in [-0.3, -0.25) is 14.5 Å². The van der Waals surface area contributed by atoms with Crippen molar-refractivity contribution in [2.24, 2.45) is 0 Å². The molecule has 1 aromatic rings. The van der Waals surface area contributed by atoms with Crippen molar-refractivity contribution in [3.05, 3.63) is 11.5 Å². The fourth-order valence-electron chi connectivity index (χ4n) is 4.71. The lowest BCUT2D eigenvalue weighted by Crippen LogP contribution is -2.51. The molecule has 4 amide bonds. The zero-order chi connectivity index (χ0) is 22.4. The normalized spacial score (nSPS) is 21.9. The fourth-order valence-corrected chi connectivity index (χ4v) is 6.43. The van der Waals surface area contributed by atoms with Gasteiger partial charge in [-0.2, -0.15) is 4.31 Å². The average molecular weight is 454 g/mol. The van der Waals surface area contributed by atoms with Crippen molar-refractivity contribution in [3.63, 3.8) is 0 Å². The minimum absolute atomic E-state index is 0.0197. The molecule has 3 aliphatic rings. The molecule has 11 nitrogen and oxygen atoms in total. The lowest BCUT2D eigenvalue weighted by Gasteiger charge is -2.34. The van der Waals surface area contributed by atoms with E-state index in [1.807, 2.05) is 0 Å². The lowest BCUT2D eigenvalue weighted by molar-refractivity contribution is -0.134. The van der Waals surface area contributed by atoms with Crippen LogP contribution in [-0.2, 0) is 19.6 Å². The molecule has 0 radical (unpaired) electrons. The molecule has 1 aliphatic carbocycles. The molecule has 4 rings (SSSR count). The van der Waals surface area contributed by atoms with Crippen LogP contribution in [0.15, 0.2) is 9.42 Å². The third-order valence-electron chi connectivity index (χ3n) is 6.41. The highest BCUT2D eigenvalue weighted by atomic mass is 32.2. The van der Waals surface area contributed by atoms with E-state index in [9.17, 15) is 22.8 Å². The third kappa shape index (κ3) is 3.71. The van der Waals surface area contributed by atoms with Crippen LogP contribution in [0.25, 0.3) is 0 Å². The molecule has 1 aromatic heterocycles. The predicted molar refractivity (Wildman–Crippen MR) is 107 cm³/mol. The molecule has 0 atom stereocenters. The van der Waals surface area contributed by atoms with Gasteiger partial charge in [0.15, 0.2) is 5.76 Å². The largest absolute Gasteiger partial charge is 0.360 e. The Hall–Kier alpha value is -2.47. The second-order valence-corrected chi connectivity index (χ2v) is 10.2. The molecule has 0 unspecified atom stereocenters. The topological polar surface area (TPSA) is 133 Å². The van der Waals surface area contributed by atoms with Gasteiger partial charge in [-0.25, -0.2) is 13.2 Å². The van der Waals surface area contributed by atoms with E-state index < -0.39 is 21.6 Å². The van der Waals surface area contributed by atoms with Crippen LogP contribution in [0.1, 0.15) is 43.6 Å². The van der Waals surface area contributed by atoms with Crippen molar-refractivity contribution in [1.29, 1.82) is 0 Å². The number of piperazine rings is 1. The lowest BCUT2D eigenvalue weighted by atomic mass is 9.98. The number of amides is 4. The van der Waals surface area contributed by atoms with E-state index in [1.165, 1.54) is 4.31 Å². The zero-order valence-electron chi connectivity index (χ0n) is 17.7. The second-order valence-electron chi connectivity index (χ2n) is 8.36.